The fourth-order valence-electron chi connectivity index (χ4n) is 4.16. The number of carbonyl (C=O) groups excluding carboxylic acids is 2. The van der Waals surface area contributed by atoms with E-state index in [2.05, 4.69) is 10.6 Å². The Morgan fingerprint density at radius 2 is 1.72 bits per heavy atom. The van der Waals surface area contributed by atoms with Gasteiger partial charge in [-0.05, 0) is 65.1 Å². The van der Waals surface area contributed by atoms with E-state index in [1.54, 1.807) is 23.1 Å². The van der Waals surface area contributed by atoms with Crippen LogP contribution in [0.2, 0.25) is 10.0 Å². The Bertz CT molecular complexity index is 1260. The molecule has 4 N–H and O–H groups in total. The SMILES string of the molecule is CN(C)c1ccc(NC(=O)NCc2ccc3c(c2)CN(C(=O)[C@H](N)Cc2ccc(Cl)cc2Cl)C3)cc1. The Morgan fingerprint density at radius 3 is 2.42 bits per heavy atom. The summed E-state index contributed by atoms with van der Waals surface area (Å²) in [4.78, 5) is 29.1. The summed E-state index contributed by atoms with van der Waals surface area (Å²) >= 11 is 12.2. The third-order valence-electron chi connectivity index (χ3n) is 6.17. The van der Waals surface area contributed by atoms with Crippen LogP contribution in [0.25, 0.3) is 0 Å². The highest BCUT2D eigenvalue weighted by Crippen LogP contribution is 2.26. The highest BCUT2D eigenvalue weighted by molar-refractivity contribution is 6.35. The molecule has 0 spiro atoms. The number of urea groups is 1. The molecule has 9 heteroatoms. The highest BCUT2D eigenvalue weighted by atomic mass is 35.5. The Morgan fingerprint density at radius 1 is 1.00 bits per heavy atom. The average molecular weight is 526 g/mol. The molecular formula is C27H29Cl2N5O2. The molecule has 188 valence electrons. The lowest BCUT2D eigenvalue weighted by Crippen LogP contribution is -2.42. The number of nitrogens with zero attached hydrogens (tertiary/aromatic N) is 2. The first-order valence-electron chi connectivity index (χ1n) is 11.6. The van der Waals surface area contributed by atoms with E-state index in [4.69, 9.17) is 28.9 Å². The first kappa shape index (κ1) is 25.8. The number of hydrogen-bond donors (Lipinski definition) is 3. The normalized spacial score (nSPS) is 13.2. The lowest BCUT2D eigenvalue weighted by molar-refractivity contribution is -0.133. The van der Waals surface area contributed by atoms with E-state index in [-0.39, 0.29) is 11.9 Å². The molecule has 3 aromatic rings. The van der Waals surface area contributed by atoms with Crippen molar-refractivity contribution in [1.82, 2.24) is 10.2 Å². The topological polar surface area (TPSA) is 90.7 Å². The third-order valence-corrected chi connectivity index (χ3v) is 6.76. The molecule has 1 aliphatic rings. The van der Waals surface area contributed by atoms with E-state index in [0.717, 1.165) is 33.6 Å². The minimum Gasteiger partial charge on any atom is -0.378 e. The van der Waals surface area contributed by atoms with Crippen molar-refractivity contribution in [1.29, 1.82) is 0 Å². The highest BCUT2D eigenvalue weighted by Gasteiger charge is 2.28. The third kappa shape index (κ3) is 6.29. The number of nitrogens with one attached hydrogen (secondary N) is 2. The van der Waals surface area contributed by atoms with E-state index >= 15 is 0 Å². The van der Waals surface area contributed by atoms with Crippen LogP contribution < -0.4 is 21.3 Å². The summed E-state index contributed by atoms with van der Waals surface area (Å²) in [7, 11) is 3.93. The number of fused-ring (bicyclic) bond motifs is 1. The Kier molecular flexibility index (Phi) is 8.04. The van der Waals surface area contributed by atoms with Crippen LogP contribution >= 0.6 is 23.2 Å². The monoisotopic (exact) mass is 525 g/mol. The van der Waals surface area contributed by atoms with Crippen LogP contribution in [0.3, 0.4) is 0 Å². The van der Waals surface area contributed by atoms with Gasteiger partial charge in [0.25, 0.3) is 0 Å². The Labute approximate surface area is 221 Å². The van der Waals surface area contributed by atoms with Crippen LogP contribution in [0.1, 0.15) is 22.3 Å². The smallest absolute Gasteiger partial charge is 0.319 e. The number of amides is 3. The minimum absolute atomic E-state index is 0.128. The maximum absolute atomic E-state index is 13.0. The molecule has 0 saturated heterocycles. The molecule has 1 heterocycles. The molecular weight excluding hydrogens is 497 g/mol. The Hall–Kier alpha value is -3.26. The average Bonchev–Trinajstić information content (AvgIpc) is 3.27. The number of anilines is 2. The number of benzene rings is 3. The van der Waals surface area contributed by atoms with E-state index in [1.165, 1.54) is 0 Å². The van der Waals surface area contributed by atoms with Gasteiger partial charge < -0.3 is 26.2 Å². The first-order valence-corrected chi connectivity index (χ1v) is 12.4. The summed E-state index contributed by atoms with van der Waals surface area (Å²) in [6.45, 7) is 1.36. The number of halogens is 2. The van der Waals surface area contributed by atoms with Gasteiger partial charge >= 0.3 is 6.03 Å². The predicted molar refractivity (Wildman–Crippen MR) is 145 cm³/mol. The molecule has 7 nitrogen and oxygen atoms in total. The van der Waals surface area contributed by atoms with Gasteiger partial charge in [0.2, 0.25) is 5.91 Å². The van der Waals surface area contributed by atoms with Gasteiger partial charge in [0.15, 0.2) is 0 Å². The molecule has 0 aromatic heterocycles. The van der Waals surface area contributed by atoms with Crippen molar-refractivity contribution in [2.24, 2.45) is 5.73 Å². The van der Waals surface area contributed by atoms with Crippen molar-refractivity contribution in [3.8, 4) is 0 Å². The van der Waals surface area contributed by atoms with E-state index in [9.17, 15) is 9.59 Å². The molecule has 0 bridgehead atoms. The zero-order chi connectivity index (χ0) is 25.8. The summed E-state index contributed by atoms with van der Waals surface area (Å²) < 4.78 is 0. The molecule has 0 unspecified atom stereocenters. The van der Waals surface area contributed by atoms with Crippen molar-refractivity contribution in [2.75, 3.05) is 24.3 Å². The number of rotatable bonds is 7. The van der Waals surface area contributed by atoms with E-state index in [0.29, 0.717) is 36.1 Å². The van der Waals surface area contributed by atoms with Crippen LogP contribution in [0, 0.1) is 0 Å². The van der Waals surface area contributed by atoms with Crippen molar-refractivity contribution in [3.05, 3.63) is 93.0 Å². The summed E-state index contributed by atoms with van der Waals surface area (Å²) in [6.07, 6.45) is 0.337. The summed E-state index contributed by atoms with van der Waals surface area (Å²) in [5, 5.41) is 6.77. The van der Waals surface area contributed by atoms with Crippen molar-refractivity contribution < 1.29 is 9.59 Å². The van der Waals surface area contributed by atoms with Gasteiger partial charge in [-0.1, -0.05) is 47.5 Å². The molecule has 0 saturated carbocycles. The van der Waals surface area contributed by atoms with Crippen molar-refractivity contribution in [3.63, 3.8) is 0 Å². The molecule has 0 fully saturated rings. The lowest BCUT2D eigenvalue weighted by Gasteiger charge is -2.20. The van der Waals surface area contributed by atoms with Crippen LogP contribution in [-0.2, 0) is 30.8 Å². The fourth-order valence-corrected chi connectivity index (χ4v) is 4.65. The zero-order valence-corrected chi connectivity index (χ0v) is 21.7. The molecule has 0 aliphatic carbocycles. The van der Waals surface area contributed by atoms with Crippen LogP contribution in [0.15, 0.2) is 60.7 Å². The maximum Gasteiger partial charge on any atom is 0.319 e. The fraction of sp³-hybridized carbons (Fsp3) is 0.259. The quantitative estimate of drug-likeness (QED) is 0.413. The summed E-state index contributed by atoms with van der Waals surface area (Å²) in [5.74, 6) is -0.128. The second kappa shape index (κ2) is 11.2. The molecule has 0 radical (unpaired) electrons. The van der Waals surface area contributed by atoms with Gasteiger partial charge in [-0.25, -0.2) is 4.79 Å². The lowest BCUT2D eigenvalue weighted by atomic mass is 10.1. The number of nitrogens with two attached hydrogens (primary N) is 1. The molecule has 4 rings (SSSR count). The van der Waals surface area contributed by atoms with Crippen LogP contribution in [0.5, 0.6) is 0 Å². The van der Waals surface area contributed by atoms with Crippen LogP contribution in [-0.4, -0.2) is 37.0 Å². The second-order valence-corrected chi connectivity index (χ2v) is 9.94. The molecule has 3 amide bonds. The first-order chi connectivity index (χ1) is 17.2. The second-order valence-electron chi connectivity index (χ2n) is 9.09. The van der Waals surface area contributed by atoms with Gasteiger partial charge in [-0.15, -0.1) is 0 Å². The summed E-state index contributed by atoms with van der Waals surface area (Å²) in [6, 6.07) is 17.8. The number of hydrogen-bond acceptors (Lipinski definition) is 4. The molecule has 36 heavy (non-hydrogen) atoms. The van der Waals surface area contributed by atoms with E-state index in [1.807, 2.05) is 61.5 Å². The predicted octanol–water partition coefficient (Wildman–Crippen LogP) is 4.79. The minimum atomic E-state index is -0.699. The maximum atomic E-state index is 13.0. The summed E-state index contributed by atoms with van der Waals surface area (Å²) in [5.41, 5.74) is 11.9. The molecule has 3 aromatic carbocycles. The molecule has 1 atom stereocenters. The van der Waals surface area contributed by atoms with Gasteiger partial charge in [-0.3, -0.25) is 4.79 Å². The standard InChI is InChI=1S/C27H29Cl2N5O2/c1-33(2)23-9-7-22(8-10-23)32-27(36)31-14-17-3-4-19-15-34(16-20(19)11-17)26(35)25(30)12-18-5-6-21(28)13-24(18)29/h3-11,13,25H,12,14-16,30H2,1-2H3,(H2,31,32,36)/t25-/m1/s1. The zero-order valence-electron chi connectivity index (χ0n) is 20.2. The van der Waals surface area contributed by atoms with Crippen LogP contribution in [0.4, 0.5) is 16.2 Å². The van der Waals surface area contributed by atoms with Crippen molar-refractivity contribution >= 4 is 46.5 Å². The van der Waals surface area contributed by atoms with Crippen molar-refractivity contribution in [2.45, 2.75) is 32.1 Å². The van der Waals surface area contributed by atoms with E-state index < -0.39 is 6.04 Å². The largest absolute Gasteiger partial charge is 0.378 e. The number of carbonyl (C=O) groups is 2. The van der Waals surface area contributed by atoms with Gasteiger partial charge in [0, 0.05) is 55.1 Å². The Balaban J connectivity index is 1.30. The van der Waals surface area contributed by atoms with Gasteiger partial charge in [0.05, 0.1) is 6.04 Å². The van der Waals surface area contributed by atoms with Gasteiger partial charge in [-0.2, -0.15) is 0 Å². The molecule has 1 aliphatic heterocycles. The van der Waals surface area contributed by atoms with Gasteiger partial charge in [0.1, 0.15) is 0 Å².